The predicted octanol–water partition coefficient (Wildman–Crippen LogP) is 4.48. The van der Waals surface area contributed by atoms with E-state index in [1.165, 1.54) is 13.2 Å². The summed E-state index contributed by atoms with van der Waals surface area (Å²) in [6, 6.07) is 15.1. The molecule has 6 heteroatoms. The van der Waals surface area contributed by atoms with E-state index in [0.29, 0.717) is 18.8 Å². The lowest BCUT2D eigenvalue weighted by atomic mass is 10.1. The minimum absolute atomic E-state index is 0.0344. The van der Waals surface area contributed by atoms with Gasteiger partial charge in [-0.3, -0.25) is 9.88 Å². The van der Waals surface area contributed by atoms with E-state index in [4.69, 9.17) is 4.74 Å². The Balaban J connectivity index is 1.74. The van der Waals surface area contributed by atoms with Gasteiger partial charge in [-0.05, 0) is 36.4 Å². The van der Waals surface area contributed by atoms with Crippen molar-refractivity contribution in [1.82, 2.24) is 9.88 Å². The van der Waals surface area contributed by atoms with Gasteiger partial charge in [0, 0.05) is 24.7 Å². The van der Waals surface area contributed by atoms with E-state index in [-0.39, 0.29) is 5.75 Å². The molecular formula is C20H20F2N2O2. The molecule has 2 aromatic carbocycles. The third-order valence-corrected chi connectivity index (χ3v) is 4.05. The summed E-state index contributed by atoms with van der Waals surface area (Å²) >= 11 is 0. The third kappa shape index (κ3) is 4.26. The summed E-state index contributed by atoms with van der Waals surface area (Å²) in [6.45, 7) is -1.53. The number of hydrogen-bond acceptors (Lipinski definition) is 4. The fourth-order valence-corrected chi connectivity index (χ4v) is 2.96. The molecule has 26 heavy (non-hydrogen) atoms. The first-order valence-electron chi connectivity index (χ1n) is 8.19. The second-order valence-electron chi connectivity index (χ2n) is 6.03. The van der Waals surface area contributed by atoms with Gasteiger partial charge in [0.2, 0.25) is 0 Å². The van der Waals surface area contributed by atoms with Crippen molar-refractivity contribution in [3.05, 3.63) is 65.9 Å². The van der Waals surface area contributed by atoms with Gasteiger partial charge in [0.15, 0.2) is 11.5 Å². The van der Waals surface area contributed by atoms with Crippen molar-refractivity contribution in [3.63, 3.8) is 0 Å². The molecule has 1 heterocycles. The summed E-state index contributed by atoms with van der Waals surface area (Å²) in [4.78, 5) is 6.60. The second kappa shape index (κ2) is 8.10. The lowest BCUT2D eigenvalue weighted by Crippen LogP contribution is -2.17. The molecule has 0 radical (unpaired) electrons. The third-order valence-electron chi connectivity index (χ3n) is 4.05. The van der Waals surface area contributed by atoms with Gasteiger partial charge in [0.1, 0.15) is 0 Å². The molecule has 0 saturated heterocycles. The number of aromatic nitrogens is 1. The first kappa shape index (κ1) is 18.1. The van der Waals surface area contributed by atoms with Crippen LogP contribution >= 0.6 is 0 Å². The predicted molar refractivity (Wildman–Crippen MR) is 96.5 cm³/mol. The molecule has 0 spiro atoms. The molecule has 0 unspecified atom stereocenters. The van der Waals surface area contributed by atoms with Crippen molar-refractivity contribution in [2.75, 3.05) is 14.2 Å². The maximum absolute atomic E-state index is 12.4. The molecule has 0 atom stereocenters. The van der Waals surface area contributed by atoms with Gasteiger partial charge in [-0.1, -0.05) is 30.3 Å². The molecule has 4 nitrogen and oxygen atoms in total. The van der Waals surface area contributed by atoms with E-state index in [9.17, 15) is 8.78 Å². The maximum Gasteiger partial charge on any atom is 0.387 e. The minimum atomic E-state index is -2.88. The Labute approximate surface area is 151 Å². The van der Waals surface area contributed by atoms with E-state index in [0.717, 1.165) is 22.0 Å². The molecule has 3 rings (SSSR count). The van der Waals surface area contributed by atoms with Crippen LogP contribution in [-0.2, 0) is 13.1 Å². The van der Waals surface area contributed by atoms with Gasteiger partial charge in [-0.15, -0.1) is 0 Å². The molecule has 3 aromatic rings. The zero-order chi connectivity index (χ0) is 18.5. The van der Waals surface area contributed by atoms with Crippen molar-refractivity contribution >= 4 is 10.9 Å². The van der Waals surface area contributed by atoms with Gasteiger partial charge in [-0.2, -0.15) is 8.78 Å². The molecule has 136 valence electrons. The average molecular weight is 358 g/mol. The van der Waals surface area contributed by atoms with Crippen LogP contribution in [0.3, 0.4) is 0 Å². The van der Waals surface area contributed by atoms with Gasteiger partial charge in [0.25, 0.3) is 0 Å². The van der Waals surface area contributed by atoms with Crippen LogP contribution < -0.4 is 9.47 Å². The standard InChI is InChI=1S/C20H20F2N2O2/c1-24(13-16-6-3-5-15-7-4-10-23-19(15)16)12-14-8-9-17(26-20(21)22)18(11-14)25-2/h3-11,20H,12-13H2,1-2H3. The molecule has 0 N–H and O–H groups in total. The van der Waals surface area contributed by atoms with Gasteiger partial charge in [-0.25, -0.2) is 0 Å². The van der Waals surface area contributed by atoms with Crippen LogP contribution in [0.15, 0.2) is 54.7 Å². The summed E-state index contributed by atoms with van der Waals surface area (Å²) in [5.41, 5.74) is 3.06. The number of halogens is 2. The summed E-state index contributed by atoms with van der Waals surface area (Å²) in [5.74, 6) is 0.329. The van der Waals surface area contributed by atoms with Crippen molar-refractivity contribution in [2.24, 2.45) is 0 Å². The topological polar surface area (TPSA) is 34.6 Å². The Morgan fingerprint density at radius 1 is 1.04 bits per heavy atom. The number of para-hydroxylation sites is 1. The van der Waals surface area contributed by atoms with E-state index in [1.54, 1.807) is 18.3 Å². The van der Waals surface area contributed by atoms with E-state index < -0.39 is 6.61 Å². The zero-order valence-electron chi connectivity index (χ0n) is 14.7. The number of rotatable bonds is 7. The summed E-state index contributed by atoms with van der Waals surface area (Å²) in [6.07, 6.45) is 1.79. The number of methoxy groups -OCH3 is 1. The largest absolute Gasteiger partial charge is 0.493 e. The van der Waals surface area contributed by atoms with E-state index in [1.807, 2.05) is 31.3 Å². The highest BCUT2D eigenvalue weighted by Crippen LogP contribution is 2.30. The average Bonchev–Trinajstić information content (AvgIpc) is 2.63. The first-order chi connectivity index (χ1) is 12.6. The lowest BCUT2D eigenvalue weighted by molar-refractivity contribution is -0.0512. The molecule has 0 aliphatic heterocycles. The summed E-state index contributed by atoms with van der Waals surface area (Å²) in [5, 5.41) is 1.11. The molecule has 0 aliphatic carbocycles. The van der Waals surface area contributed by atoms with Crippen molar-refractivity contribution < 1.29 is 18.3 Å². The normalized spacial score (nSPS) is 11.3. The second-order valence-corrected chi connectivity index (χ2v) is 6.03. The van der Waals surface area contributed by atoms with Crippen LogP contribution in [0.2, 0.25) is 0 Å². The highest BCUT2D eigenvalue weighted by molar-refractivity contribution is 5.81. The number of ether oxygens (including phenoxy) is 2. The Bertz CT molecular complexity index is 881. The Morgan fingerprint density at radius 3 is 2.62 bits per heavy atom. The molecule has 0 fully saturated rings. The van der Waals surface area contributed by atoms with Crippen molar-refractivity contribution in [3.8, 4) is 11.5 Å². The molecule has 0 amide bonds. The molecule has 1 aromatic heterocycles. The number of nitrogens with zero attached hydrogens (tertiary/aromatic N) is 2. The SMILES string of the molecule is COc1cc(CN(C)Cc2cccc3cccnc23)ccc1OC(F)F. The smallest absolute Gasteiger partial charge is 0.387 e. The van der Waals surface area contributed by atoms with Crippen molar-refractivity contribution in [2.45, 2.75) is 19.7 Å². The fraction of sp³-hybridized carbons (Fsp3) is 0.250. The van der Waals surface area contributed by atoms with Crippen LogP contribution in [0, 0.1) is 0 Å². The highest BCUT2D eigenvalue weighted by Gasteiger charge is 2.12. The quantitative estimate of drug-likeness (QED) is 0.624. The Kier molecular flexibility index (Phi) is 5.63. The first-order valence-corrected chi connectivity index (χ1v) is 8.19. The molecular weight excluding hydrogens is 338 g/mol. The van der Waals surface area contributed by atoms with Gasteiger partial charge in [0.05, 0.1) is 12.6 Å². The minimum Gasteiger partial charge on any atom is -0.493 e. The number of hydrogen-bond donors (Lipinski definition) is 0. The van der Waals surface area contributed by atoms with E-state index >= 15 is 0 Å². The fourth-order valence-electron chi connectivity index (χ4n) is 2.96. The maximum atomic E-state index is 12.4. The molecule has 0 aliphatic rings. The van der Waals surface area contributed by atoms with Crippen LogP contribution in [0.5, 0.6) is 11.5 Å². The number of pyridine rings is 1. The summed E-state index contributed by atoms with van der Waals surface area (Å²) < 4.78 is 34.5. The Hall–Kier alpha value is -2.73. The van der Waals surface area contributed by atoms with Crippen LogP contribution in [0.25, 0.3) is 10.9 Å². The Morgan fingerprint density at radius 2 is 1.85 bits per heavy atom. The number of alkyl halides is 2. The zero-order valence-corrected chi connectivity index (χ0v) is 14.7. The number of fused-ring (bicyclic) bond motifs is 1. The van der Waals surface area contributed by atoms with Crippen LogP contribution in [-0.4, -0.2) is 30.7 Å². The van der Waals surface area contributed by atoms with Crippen LogP contribution in [0.4, 0.5) is 8.78 Å². The van der Waals surface area contributed by atoms with E-state index in [2.05, 4.69) is 20.7 Å². The van der Waals surface area contributed by atoms with Gasteiger partial charge < -0.3 is 9.47 Å². The molecule has 0 bridgehead atoms. The molecule has 0 saturated carbocycles. The lowest BCUT2D eigenvalue weighted by Gasteiger charge is -2.19. The van der Waals surface area contributed by atoms with Crippen LogP contribution in [0.1, 0.15) is 11.1 Å². The monoisotopic (exact) mass is 358 g/mol. The van der Waals surface area contributed by atoms with Gasteiger partial charge >= 0.3 is 6.61 Å². The highest BCUT2D eigenvalue weighted by atomic mass is 19.3. The number of benzene rings is 2. The summed E-state index contributed by atoms with van der Waals surface area (Å²) in [7, 11) is 3.43. The van der Waals surface area contributed by atoms with Crippen molar-refractivity contribution in [1.29, 1.82) is 0 Å².